The Kier molecular flexibility index (Phi) is 3.59. The lowest BCUT2D eigenvalue weighted by atomic mass is 10.2. The summed E-state index contributed by atoms with van der Waals surface area (Å²) in [6.07, 6.45) is 2.29. The second-order valence-electron chi connectivity index (χ2n) is 3.68. The van der Waals surface area contributed by atoms with E-state index in [4.69, 9.17) is 4.74 Å². The standard InChI is InChI=1S/C11H13BrFNO/c12-8-3-4-11(10(13)6-8)15-7-9-2-1-5-14-9/h3-4,6,9,14H,1-2,5,7H2. The summed E-state index contributed by atoms with van der Waals surface area (Å²) in [5, 5.41) is 3.30. The van der Waals surface area contributed by atoms with E-state index in [1.807, 2.05) is 0 Å². The number of benzene rings is 1. The molecule has 0 aliphatic carbocycles. The van der Waals surface area contributed by atoms with Crippen molar-refractivity contribution in [1.29, 1.82) is 0 Å². The first-order valence-corrected chi connectivity index (χ1v) is 5.86. The molecule has 1 heterocycles. The molecule has 0 amide bonds. The molecule has 0 spiro atoms. The molecule has 1 atom stereocenters. The van der Waals surface area contributed by atoms with Crippen LogP contribution in [0, 0.1) is 5.82 Å². The van der Waals surface area contributed by atoms with Crippen molar-refractivity contribution in [2.24, 2.45) is 0 Å². The fraction of sp³-hybridized carbons (Fsp3) is 0.455. The smallest absolute Gasteiger partial charge is 0.166 e. The van der Waals surface area contributed by atoms with E-state index in [1.54, 1.807) is 12.1 Å². The van der Waals surface area contributed by atoms with Gasteiger partial charge in [-0.3, -0.25) is 0 Å². The number of nitrogens with one attached hydrogen (secondary N) is 1. The average molecular weight is 274 g/mol. The van der Waals surface area contributed by atoms with E-state index in [9.17, 15) is 4.39 Å². The Labute approximate surface area is 96.9 Å². The van der Waals surface area contributed by atoms with Crippen molar-refractivity contribution in [3.05, 3.63) is 28.5 Å². The van der Waals surface area contributed by atoms with Crippen molar-refractivity contribution in [3.8, 4) is 5.75 Å². The molecule has 1 aromatic rings. The lowest BCUT2D eigenvalue weighted by Gasteiger charge is -2.12. The molecule has 0 saturated carbocycles. The third kappa shape index (κ3) is 2.92. The number of hydrogen-bond acceptors (Lipinski definition) is 2. The zero-order chi connectivity index (χ0) is 10.7. The molecular weight excluding hydrogens is 261 g/mol. The minimum Gasteiger partial charge on any atom is -0.489 e. The Morgan fingerprint density at radius 2 is 2.40 bits per heavy atom. The minimum atomic E-state index is -0.317. The van der Waals surface area contributed by atoms with Crippen molar-refractivity contribution >= 4 is 15.9 Å². The predicted octanol–water partition coefficient (Wildman–Crippen LogP) is 2.72. The van der Waals surface area contributed by atoms with Crippen molar-refractivity contribution in [1.82, 2.24) is 5.32 Å². The molecule has 1 unspecified atom stereocenters. The summed E-state index contributed by atoms with van der Waals surface area (Å²) in [7, 11) is 0. The Hall–Kier alpha value is -0.610. The summed E-state index contributed by atoms with van der Waals surface area (Å²) in [5.74, 6) is 0.00859. The van der Waals surface area contributed by atoms with Gasteiger partial charge in [0.2, 0.25) is 0 Å². The molecule has 1 N–H and O–H groups in total. The molecule has 1 saturated heterocycles. The van der Waals surface area contributed by atoms with Crippen LogP contribution in [0.2, 0.25) is 0 Å². The number of halogens is 2. The summed E-state index contributed by atoms with van der Waals surface area (Å²) >= 11 is 3.21. The maximum atomic E-state index is 13.3. The highest BCUT2D eigenvalue weighted by molar-refractivity contribution is 9.10. The molecule has 82 valence electrons. The molecule has 2 rings (SSSR count). The molecule has 2 nitrogen and oxygen atoms in total. The van der Waals surface area contributed by atoms with Crippen molar-refractivity contribution in [3.63, 3.8) is 0 Å². The Balaban J connectivity index is 1.92. The van der Waals surface area contributed by atoms with Gasteiger partial charge in [0, 0.05) is 10.5 Å². The van der Waals surface area contributed by atoms with Crippen LogP contribution in [0.4, 0.5) is 4.39 Å². The van der Waals surface area contributed by atoms with Crippen LogP contribution in [0.15, 0.2) is 22.7 Å². The average Bonchev–Trinajstić information content (AvgIpc) is 2.69. The molecule has 4 heteroatoms. The second kappa shape index (κ2) is 4.94. The third-order valence-corrected chi connectivity index (χ3v) is 2.99. The monoisotopic (exact) mass is 273 g/mol. The first-order chi connectivity index (χ1) is 7.25. The van der Waals surface area contributed by atoms with Crippen molar-refractivity contribution < 1.29 is 9.13 Å². The van der Waals surface area contributed by atoms with E-state index in [0.29, 0.717) is 18.4 Å². The van der Waals surface area contributed by atoms with Gasteiger partial charge in [-0.25, -0.2) is 4.39 Å². The van der Waals surface area contributed by atoms with Crippen LogP contribution < -0.4 is 10.1 Å². The SMILES string of the molecule is Fc1cc(Br)ccc1OCC1CCCN1. The Morgan fingerprint density at radius 3 is 3.07 bits per heavy atom. The van der Waals surface area contributed by atoms with Crippen LogP contribution in [0.1, 0.15) is 12.8 Å². The Bertz CT molecular complexity index is 339. The second-order valence-corrected chi connectivity index (χ2v) is 4.59. The Morgan fingerprint density at radius 1 is 1.53 bits per heavy atom. The van der Waals surface area contributed by atoms with E-state index >= 15 is 0 Å². The van der Waals surface area contributed by atoms with Crippen LogP contribution in [-0.2, 0) is 0 Å². The predicted molar refractivity (Wildman–Crippen MR) is 60.6 cm³/mol. The molecule has 1 aliphatic heterocycles. The third-order valence-electron chi connectivity index (χ3n) is 2.50. The van der Waals surface area contributed by atoms with Gasteiger partial charge in [0.1, 0.15) is 6.61 Å². The molecule has 15 heavy (non-hydrogen) atoms. The summed E-state index contributed by atoms with van der Waals surface area (Å²) in [4.78, 5) is 0. The van der Waals surface area contributed by atoms with Gasteiger partial charge in [0.25, 0.3) is 0 Å². The maximum Gasteiger partial charge on any atom is 0.166 e. The molecule has 1 fully saturated rings. The number of hydrogen-bond donors (Lipinski definition) is 1. The lowest BCUT2D eigenvalue weighted by molar-refractivity contribution is 0.265. The van der Waals surface area contributed by atoms with E-state index < -0.39 is 0 Å². The van der Waals surface area contributed by atoms with Gasteiger partial charge < -0.3 is 10.1 Å². The van der Waals surface area contributed by atoms with Gasteiger partial charge in [0.15, 0.2) is 11.6 Å². The molecule has 0 radical (unpaired) electrons. The van der Waals surface area contributed by atoms with Gasteiger partial charge in [-0.05, 0) is 37.6 Å². The van der Waals surface area contributed by atoms with Crippen LogP contribution in [0.3, 0.4) is 0 Å². The van der Waals surface area contributed by atoms with E-state index in [0.717, 1.165) is 17.4 Å². The summed E-state index contributed by atoms with van der Waals surface area (Å²) < 4.78 is 19.5. The van der Waals surface area contributed by atoms with Gasteiger partial charge in [-0.2, -0.15) is 0 Å². The van der Waals surface area contributed by atoms with E-state index in [1.165, 1.54) is 12.5 Å². The van der Waals surface area contributed by atoms with Gasteiger partial charge in [0.05, 0.1) is 0 Å². The molecule has 0 bridgehead atoms. The van der Waals surface area contributed by atoms with Gasteiger partial charge in [-0.15, -0.1) is 0 Å². The van der Waals surface area contributed by atoms with E-state index in [2.05, 4.69) is 21.2 Å². The lowest BCUT2D eigenvalue weighted by Crippen LogP contribution is -2.28. The topological polar surface area (TPSA) is 21.3 Å². The molecule has 0 aromatic heterocycles. The minimum absolute atomic E-state index is 0.317. The number of ether oxygens (including phenoxy) is 1. The van der Waals surface area contributed by atoms with Gasteiger partial charge >= 0.3 is 0 Å². The fourth-order valence-corrected chi connectivity index (χ4v) is 2.01. The summed E-state index contributed by atoms with van der Waals surface area (Å²) in [6, 6.07) is 5.21. The zero-order valence-corrected chi connectivity index (χ0v) is 9.89. The zero-order valence-electron chi connectivity index (χ0n) is 8.30. The fourth-order valence-electron chi connectivity index (χ4n) is 1.68. The highest BCUT2D eigenvalue weighted by atomic mass is 79.9. The van der Waals surface area contributed by atoms with Crippen LogP contribution in [0.25, 0.3) is 0 Å². The maximum absolute atomic E-state index is 13.3. The molecule has 1 aromatic carbocycles. The number of rotatable bonds is 3. The largest absolute Gasteiger partial charge is 0.489 e. The van der Waals surface area contributed by atoms with Crippen LogP contribution in [0.5, 0.6) is 5.75 Å². The van der Waals surface area contributed by atoms with Crippen LogP contribution in [-0.4, -0.2) is 19.2 Å². The van der Waals surface area contributed by atoms with Crippen molar-refractivity contribution in [2.75, 3.05) is 13.2 Å². The van der Waals surface area contributed by atoms with E-state index in [-0.39, 0.29) is 5.82 Å². The first kappa shape index (κ1) is 10.9. The summed E-state index contributed by atoms with van der Waals surface area (Å²) in [5.41, 5.74) is 0. The summed E-state index contributed by atoms with van der Waals surface area (Å²) in [6.45, 7) is 1.58. The van der Waals surface area contributed by atoms with Gasteiger partial charge in [-0.1, -0.05) is 15.9 Å². The normalized spacial score (nSPS) is 20.5. The molecule has 1 aliphatic rings. The quantitative estimate of drug-likeness (QED) is 0.915. The highest BCUT2D eigenvalue weighted by Gasteiger charge is 2.15. The first-order valence-electron chi connectivity index (χ1n) is 5.07. The van der Waals surface area contributed by atoms with Crippen LogP contribution >= 0.6 is 15.9 Å². The molecular formula is C11H13BrFNO. The van der Waals surface area contributed by atoms with Crippen molar-refractivity contribution in [2.45, 2.75) is 18.9 Å². The highest BCUT2D eigenvalue weighted by Crippen LogP contribution is 2.21.